The Labute approximate surface area is 92.6 Å². The zero-order chi connectivity index (χ0) is 11.7. The van der Waals surface area contributed by atoms with Crippen molar-refractivity contribution in [3.8, 4) is 0 Å². The third-order valence-electron chi connectivity index (χ3n) is 2.90. The van der Waals surface area contributed by atoms with Gasteiger partial charge in [-0.25, -0.2) is 0 Å². The Balaban J connectivity index is 4.00. The van der Waals surface area contributed by atoms with Crippen LogP contribution in [0.5, 0.6) is 0 Å². The van der Waals surface area contributed by atoms with E-state index >= 15 is 0 Å². The number of carbonyl (C=O) groups is 1. The van der Waals surface area contributed by atoms with Crippen LogP contribution in [0.25, 0.3) is 0 Å². The lowest BCUT2D eigenvalue weighted by Crippen LogP contribution is -2.52. The summed E-state index contributed by atoms with van der Waals surface area (Å²) in [5.41, 5.74) is 5.47. The molecule has 0 aromatic carbocycles. The van der Waals surface area contributed by atoms with Crippen LogP contribution < -0.4 is 11.1 Å². The highest BCUT2D eigenvalue weighted by Crippen LogP contribution is 2.13. The molecule has 1 amide bonds. The van der Waals surface area contributed by atoms with Gasteiger partial charge in [-0.05, 0) is 19.3 Å². The summed E-state index contributed by atoms with van der Waals surface area (Å²) >= 11 is 0. The van der Waals surface area contributed by atoms with Gasteiger partial charge in [-0.3, -0.25) is 4.79 Å². The lowest BCUT2D eigenvalue weighted by atomic mass is 9.92. The first-order chi connectivity index (χ1) is 7.14. The topological polar surface area (TPSA) is 64.3 Å². The van der Waals surface area contributed by atoms with Crippen LogP contribution in [0.15, 0.2) is 0 Å². The molecule has 0 spiro atoms. The summed E-state index contributed by atoms with van der Waals surface area (Å²) in [4.78, 5) is 11.6. The number of carbonyl (C=O) groups excluding carboxylic acids is 1. The van der Waals surface area contributed by atoms with E-state index in [1.165, 1.54) is 0 Å². The van der Waals surface area contributed by atoms with Gasteiger partial charge >= 0.3 is 0 Å². The second-order valence-corrected chi connectivity index (χ2v) is 3.84. The molecule has 0 saturated carbocycles. The second kappa shape index (κ2) is 7.65. The second-order valence-electron chi connectivity index (χ2n) is 3.84. The summed E-state index contributed by atoms with van der Waals surface area (Å²) in [6.07, 6.45) is 3.01. The molecule has 3 N–H and O–H groups in total. The van der Waals surface area contributed by atoms with Crippen LogP contribution in [-0.2, 0) is 9.53 Å². The first-order valence-electron chi connectivity index (χ1n) is 5.64. The van der Waals surface area contributed by atoms with Gasteiger partial charge in [0.05, 0.1) is 5.54 Å². The minimum Gasteiger partial charge on any atom is -0.385 e. The van der Waals surface area contributed by atoms with Gasteiger partial charge in [-0.2, -0.15) is 0 Å². The Kier molecular flexibility index (Phi) is 7.34. The SMILES string of the molecule is CCC(CC)(CN)NC(=O)CCCOC. The molecule has 4 heteroatoms. The zero-order valence-corrected chi connectivity index (χ0v) is 10.1. The summed E-state index contributed by atoms with van der Waals surface area (Å²) in [6, 6.07) is 0. The van der Waals surface area contributed by atoms with Gasteiger partial charge in [0.25, 0.3) is 0 Å². The van der Waals surface area contributed by atoms with Gasteiger partial charge in [0.15, 0.2) is 0 Å². The Morgan fingerprint density at radius 2 is 2.00 bits per heavy atom. The fraction of sp³-hybridized carbons (Fsp3) is 0.909. The van der Waals surface area contributed by atoms with E-state index in [1.807, 2.05) is 13.8 Å². The molecule has 0 heterocycles. The van der Waals surface area contributed by atoms with Gasteiger partial charge in [0.2, 0.25) is 5.91 Å². The molecule has 4 nitrogen and oxygen atoms in total. The quantitative estimate of drug-likeness (QED) is 0.596. The lowest BCUT2D eigenvalue weighted by Gasteiger charge is -2.31. The Morgan fingerprint density at radius 1 is 1.40 bits per heavy atom. The van der Waals surface area contributed by atoms with Crippen molar-refractivity contribution in [2.75, 3.05) is 20.3 Å². The molecule has 0 atom stereocenters. The Hall–Kier alpha value is -0.610. The third-order valence-corrected chi connectivity index (χ3v) is 2.90. The molecular weight excluding hydrogens is 192 g/mol. The van der Waals surface area contributed by atoms with E-state index in [-0.39, 0.29) is 11.4 Å². The Morgan fingerprint density at radius 3 is 2.40 bits per heavy atom. The number of hydrogen-bond donors (Lipinski definition) is 2. The maximum atomic E-state index is 11.6. The van der Waals surface area contributed by atoms with Crippen molar-refractivity contribution >= 4 is 5.91 Å². The minimum atomic E-state index is -0.218. The van der Waals surface area contributed by atoms with Gasteiger partial charge in [0, 0.05) is 26.7 Å². The number of methoxy groups -OCH3 is 1. The van der Waals surface area contributed by atoms with E-state index < -0.39 is 0 Å². The predicted molar refractivity (Wildman–Crippen MR) is 61.6 cm³/mol. The van der Waals surface area contributed by atoms with Crippen molar-refractivity contribution < 1.29 is 9.53 Å². The van der Waals surface area contributed by atoms with Gasteiger partial charge < -0.3 is 15.8 Å². The van der Waals surface area contributed by atoms with E-state index in [0.717, 1.165) is 19.3 Å². The molecule has 15 heavy (non-hydrogen) atoms. The largest absolute Gasteiger partial charge is 0.385 e. The van der Waals surface area contributed by atoms with Crippen molar-refractivity contribution in [2.45, 2.75) is 45.1 Å². The van der Waals surface area contributed by atoms with Gasteiger partial charge in [-0.15, -0.1) is 0 Å². The van der Waals surface area contributed by atoms with Crippen LogP contribution in [0.2, 0.25) is 0 Å². The maximum Gasteiger partial charge on any atom is 0.220 e. The molecule has 0 aliphatic heterocycles. The first kappa shape index (κ1) is 14.4. The van der Waals surface area contributed by atoms with Crippen molar-refractivity contribution in [3.63, 3.8) is 0 Å². The third kappa shape index (κ3) is 5.14. The molecule has 0 radical (unpaired) electrons. The normalized spacial score (nSPS) is 11.5. The average Bonchev–Trinajstić information content (AvgIpc) is 2.26. The molecule has 90 valence electrons. The molecule has 0 fully saturated rings. The summed E-state index contributed by atoms with van der Waals surface area (Å²) in [5.74, 6) is 0.0706. The minimum absolute atomic E-state index is 0.0706. The molecular formula is C11H24N2O2. The average molecular weight is 216 g/mol. The van der Waals surface area contributed by atoms with E-state index in [4.69, 9.17) is 10.5 Å². The van der Waals surface area contributed by atoms with Crippen LogP contribution in [-0.4, -0.2) is 31.7 Å². The number of rotatable bonds is 8. The van der Waals surface area contributed by atoms with Crippen LogP contribution in [0.4, 0.5) is 0 Å². The lowest BCUT2D eigenvalue weighted by molar-refractivity contribution is -0.123. The van der Waals surface area contributed by atoms with Crippen LogP contribution in [0, 0.1) is 0 Å². The molecule has 0 bridgehead atoms. The molecule has 0 aliphatic rings. The molecule has 0 aromatic rings. The van der Waals surface area contributed by atoms with Crippen molar-refractivity contribution in [1.82, 2.24) is 5.32 Å². The van der Waals surface area contributed by atoms with Crippen LogP contribution in [0.1, 0.15) is 39.5 Å². The van der Waals surface area contributed by atoms with Crippen molar-refractivity contribution in [1.29, 1.82) is 0 Å². The maximum absolute atomic E-state index is 11.6. The van der Waals surface area contributed by atoms with Gasteiger partial charge in [0.1, 0.15) is 0 Å². The Bertz CT molecular complexity index is 171. The number of nitrogens with two attached hydrogens (primary N) is 1. The highest BCUT2D eigenvalue weighted by Gasteiger charge is 2.25. The van der Waals surface area contributed by atoms with E-state index in [1.54, 1.807) is 7.11 Å². The molecule has 0 rings (SSSR count). The van der Waals surface area contributed by atoms with Gasteiger partial charge in [-0.1, -0.05) is 13.8 Å². The summed E-state index contributed by atoms with van der Waals surface area (Å²) in [5, 5.41) is 3.02. The monoisotopic (exact) mass is 216 g/mol. The fourth-order valence-electron chi connectivity index (χ4n) is 1.50. The highest BCUT2D eigenvalue weighted by atomic mass is 16.5. The number of hydrogen-bond acceptors (Lipinski definition) is 3. The number of amides is 1. The smallest absolute Gasteiger partial charge is 0.220 e. The summed E-state index contributed by atoms with van der Waals surface area (Å²) in [7, 11) is 1.64. The van der Waals surface area contributed by atoms with Crippen LogP contribution >= 0.6 is 0 Å². The van der Waals surface area contributed by atoms with E-state index in [9.17, 15) is 4.79 Å². The molecule has 0 unspecified atom stereocenters. The highest BCUT2D eigenvalue weighted by molar-refractivity contribution is 5.76. The molecule has 0 aromatic heterocycles. The first-order valence-corrected chi connectivity index (χ1v) is 5.64. The zero-order valence-electron chi connectivity index (χ0n) is 10.1. The van der Waals surface area contributed by atoms with Crippen molar-refractivity contribution in [2.24, 2.45) is 5.73 Å². The molecule has 0 saturated heterocycles. The fourth-order valence-corrected chi connectivity index (χ4v) is 1.50. The number of nitrogens with one attached hydrogen (secondary N) is 1. The van der Waals surface area contributed by atoms with E-state index in [2.05, 4.69) is 5.32 Å². The number of ether oxygens (including phenoxy) is 1. The summed E-state index contributed by atoms with van der Waals surface area (Å²) in [6.45, 7) is 5.22. The van der Waals surface area contributed by atoms with Crippen LogP contribution in [0.3, 0.4) is 0 Å². The predicted octanol–water partition coefficient (Wildman–Crippen LogP) is 1.05. The van der Waals surface area contributed by atoms with Crippen molar-refractivity contribution in [3.05, 3.63) is 0 Å². The standard InChI is InChI=1S/C11H24N2O2/c1-4-11(5-2,9-12)13-10(14)7-6-8-15-3/h4-9,12H2,1-3H3,(H,13,14). The van der Waals surface area contributed by atoms with E-state index in [0.29, 0.717) is 19.6 Å². The molecule has 0 aliphatic carbocycles. The summed E-state index contributed by atoms with van der Waals surface area (Å²) < 4.78 is 4.90.